The number of methoxy groups -OCH3 is 1. The lowest BCUT2D eigenvalue weighted by atomic mass is 10.1. The van der Waals surface area contributed by atoms with Gasteiger partial charge in [-0.2, -0.15) is 0 Å². The van der Waals surface area contributed by atoms with Crippen LogP contribution >= 0.6 is 11.8 Å². The smallest absolute Gasteiger partial charge is 0.0760 e. The molecular formula is C13H26OS. The van der Waals surface area contributed by atoms with Crippen LogP contribution in [-0.4, -0.2) is 18.0 Å². The van der Waals surface area contributed by atoms with E-state index >= 15 is 0 Å². The molecule has 0 aliphatic heterocycles. The number of thioether (sulfide) groups is 1. The Morgan fingerprint density at radius 3 is 2.40 bits per heavy atom. The molecule has 0 radical (unpaired) electrons. The summed E-state index contributed by atoms with van der Waals surface area (Å²) in [5.74, 6) is 0. The molecular weight excluding hydrogens is 204 g/mol. The SMILES string of the molecule is CCCCCC(/C=C\SC(C)(C)C)OC. The van der Waals surface area contributed by atoms with Gasteiger partial charge in [-0.05, 0) is 17.9 Å². The van der Waals surface area contributed by atoms with E-state index in [2.05, 4.69) is 39.2 Å². The number of unbranched alkanes of at least 4 members (excludes halogenated alkanes) is 2. The third kappa shape index (κ3) is 10.3. The Morgan fingerprint density at radius 2 is 1.93 bits per heavy atom. The second kappa shape index (κ2) is 8.23. The standard InChI is InChI=1S/C13H26OS/c1-6-7-8-9-12(14-5)10-11-15-13(2,3)4/h10-12H,6-9H2,1-5H3/b11-10-. The van der Waals surface area contributed by atoms with Crippen LogP contribution < -0.4 is 0 Å². The van der Waals surface area contributed by atoms with Gasteiger partial charge in [0.2, 0.25) is 0 Å². The normalized spacial score (nSPS) is 14.7. The van der Waals surface area contributed by atoms with E-state index in [4.69, 9.17) is 4.74 Å². The summed E-state index contributed by atoms with van der Waals surface area (Å²) < 4.78 is 5.72. The summed E-state index contributed by atoms with van der Waals surface area (Å²) in [6, 6.07) is 0. The van der Waals surface area contributed by atoms with Crippen LogP contribution in [0.4, 0.5) is 0 Å². The molecule has 0 saturated carbocycles. The molecule has 1 nitrogen and oxygen atoms in total. The van der Waals surface area contributed by atoms with Crippen molar-refractivity contribution in [2.45, 2.75) is 64.2 Å². The number of rotatable bonds is 7. The van der Waals surface area contributed by atoms with Gasteiger partial charge in [-0.3, -0.25) is 0 Å². The van der Waals surface area contributed by atoms with Gasteiger partial charge in [0.15, 0.2) is 0 Å². The summed E-state index contributed by atoms with van der Waals surface area (Å²) in [4.78, 5) is 0. The largest absolute Gasteiger partial charge is 0.377 e. The maximum Gasteiger partial charge on any atom is 0.0760 e. The van der Waals surface area contributed by atoms with Crippen LogP contribution in [0.25, 0.3) is 0 Å². The Kier molecular flexibility index (Phi) is 8.26. The Bertz CT molecular complexity index is 170. The van der Waals surface area contributed by atoms with Crippen LogP contribution in [0.15, 0.2) is 11.5 Å². The highest BCUT2D eigenvalue weighted by Crippen LogP contribution is 2.24. The highest BCUT2D eigenvalue weighted by molar-refractivity contribution is 8.03. The molecule has 0 aliphatic carbocycles. The molecule has 0 amide bonds. The fourth-order valence-corrected chi connectivity index (χ4v) is 1.88. The van der Waals surface area contributed by atoms with E-state index in [9.17, 15) is 0 Å². The predicted molar refractivity (Wildman–Crippen MR) is 71.4 cm³/mol. The molecule has 0 bridgehead atoms. The monoisotopic (exact) mass is 230 g/mol. The predicted octanol–water partition coefficient (Wildman–Crippen LogP) is 4.63. The molecule has 2 heteroatoms. The van der Waals surface area contributed by atoms with Crippen molar-refractivity contribution in [1.29, 1.82) is 0 Å². The zero-order valence-corrected chi connectivity index (χ0v) is 11.7. The van der Waals surface area contributed by atoms with Gasteiger partial charge < -0.3 is 4.74 Å². The van der Waals surface area contributed by atoms with Crippen LogP contribution in [-0.2, 0) is 4.74 Å². The van der Waals surface area contributed by atoms with Gasteiger partial charge in [0.1, 0.15) is 0 Å². The van der Waals surface area contributed by atoms with Gasteiger partial charge in [0.25, 0.3) is 0 Å². The lowest BCUT2D eigenvalue weighted by molar-refractivity contribution is 0.131. The summed E-state index contributed by atoms with van der Waals surface area (Å²) in [7, 11) is 1.79. The third-order valence-corrected chi connectivity index (χ3v) is 3.11. The van der Waals surface area contributed by atoms with Crippen molar-refractivity contribution in [3.63, 3.8) is 0 Å². The number of hydrogen-bond donors (Lipinski definition) is 0. The zero-order valence-electron chi connectivity index (χ0n) is 10.9. The van der Waals surface area contributed by atoms with Gasteiger partial charge in [-0.1, -0.05) is 47.0 Å². The summed E-state index contributed by atoms with van der Waals surface area (Å²) in [5.41, 5.74) is 0. The second-order valence-corrected chi connectivity index (χ2v) is 6.56. The van der Waals surface area contributed by atoms with Gasteiger partial charge in [-0.15, -0.1) is 11.8 Å². The molecule has 0 aromatic carbocycles. The fraction of sp³-hybridized carbons (Fsp3) is 0.846. The van der Waals surface area contributed by atoms with Crippen LogP contribution in [0, 0.1) is 0 Å². The van der Waals surface area contributed by atoms with Crippen molar-refractivity contribution in [2.75, 3.05) is 7.11 Å². The average Bonchev–Trinajstić information content (AvgIpc) is 2.14. The van der Waals surface area contributed by atoms with E-state index in [0.717, 1.165) is 6.42 Å². The Labute approximate surface area is 99.7 Å². The first-order valence-corrected chi connectivity index (χ1v) is 6.75. The maximum absolute atomic E-state index is 5.41. The fourth-order valence-electron chi connectivity index (χ4n) is 1.22. The van der Waals surface area contributed by atoms with Crippen molar-refractivity contribution < 1.29 is 4.74 Å². The molecule has 0 saturated heterocycles. The van der Waals surface area contributed by atoms with E-state index < -0.39 is 0 Å². The molecule has 0 aromatic rings. The highest BCUT2D eigenvalue weighted by atomic mass is 32.2. The first kappa shape index (κ1) is 15.0. The Hall–Kier alpha value is 0.0500. The van der Waals surface area contributed by atoms with Crippen molar-refractivity contribution >= 4 is 11.8 Å². The van der Waals surface area contributed by atoms with Crippen molar-refractivity contribution in [3.8, 4) is 0 Å². The van der Waals surface area contributed by atoms with E-state index in [-0.39, 0.29) is 0 Å². The maximum atomic E-state index is 5.41. The molecule has 90 valence electrons. The molecule has 0 fully saturated rings. The van der Waals surface area contributed by atoms with E-state index in [1.165, 1.54) is 19.3 Å². The Morgan fingerprint density at radius 1 is 1.27 bits per heavy atom. The van der Waals surface area contributed by atoms with E-state index in [1.807, 2.05) is 11.8 Å². The average molecular weight is 230 g/mol. The third-order valence-electron chi connectivity index (χ3n) is 2.11. The first-order valence-electron chi connectivity index (χ1n) is 5.87. The van der Waals surface area contributed by atoms with Crippen LogP contribution in [0.1, 0.15) is 53.4 Å². The minimum Gasteiger partial charge on any atom is -0.377 e. The lowest BCUT2D eigenvalue weighted by Crippen LogP contribution is -2.08. The van der Waals surface area contributed by atoms with Crippen molar-refractivity contribution in [1.82, 2.24) is 0 Å². The van der Waals surface area contributed by atoms with Crippen LogP contribution in [0.2, 0.25) is 0 Å². The van der Waals surface area contributed by atoms with Gasteiger partial charge >= 0.3 is 0 Å². The number of hydrogen-bond acceptors (Lipinski definition) is 2. The summed E-state index contributed by atoms with van der Waals surface area (Å²) in [6.45, 7) is 8.90. The molecule has 1 atom stereocenters. The Balaban J connectivity index is 3.77. The van der Waals surface area contributed by atoms with Crippen LogP contribution in [0.3, 0.4) is 0 Å². The molecule has 0 heterocycles. The quantitative estimate of drug-likeness (QED) is 0.590. The molecule has 15 heavy (non-hydrogen) atoms. The first-order chi connectivity index (χ1) is 6.99. The van der Waals surface area contributed by atoms with E-state index in [0.29, 0.717) is 10.9 Å². The molecule has 0 aliphatic rings. The van der Waals surface area contributed by atoms with Gasteiger partial charge in [0.05, 0.1) is 6.10 Å². The minimum absolute atomic E-state index is 0.298. The molecule has 0 N–H and O–H groups in total. The topological polar surface area (TPSA) is 9.23 Å². The zero-order chi connectivity index (χ0) is 11.7. The minimum atomic E-state index is 0.298. The highest BCUT2D eigenvalue weighted by Gasteiger charge is 2.08. The molecule has 0 spiro atoms. The summed E-state index contributed by atoms with van der Waals surface area (Å²) >= 11 is 1.86. The van der Waals surface area contributed by atoms with Crippen molar-refractivity contribution in [2.24, 2.45) is 0 Å². The molecule has 0 rings (SSSR count). The van der Waals surface area contributed by atoms with Crippen LogP contribution in [0.5, 0.6) is 0 Å². The molecule has 1 unspecified atom stereocenters. The summed E-state index contributed by atoms with van der Waals surface area (Å²) in [6.07, 6.45) is 7.47. The van der Waals surface area contributed by atoms with E-state index in [1.54, 1.807) is 7.11 Å². The second-order valence-electron chi connectivity index (χ2n) is 4.83. The molecule has 0 aromatic heterocycles. The van der Waals surface area contributed by atoms with Gasteiger partial charge in [-0.25, -0.2) is 0 Å². The number of ether oxygens (including phenoxy) is 1. The lowest BCUT2D eigenvalue weighted by Gasteiger charge is -2.15. The summed E-state index contributed by atoms with van der Waals surface area (Å²) in [5, 5.41) is 2.18. The van der Waals surface area contributed by atoms with Gasteiger partial charge in [0, 0.05) is 11.9 Å². The van der Waals surface area contributed by atoms with Crippen molar-refractivity contribution in [3.05, 3.63) is 11.5 Å².